The zero-order chi connectivity index (χ0) is 9.07. The molecule has 0 saturated heterocycles. The van der Waals surface area contributed by atoms with Gasteiger partial charge in [-0.3, -0.25) is 0 Å². The molecule has 0 aliphatic heterocycles. The molecule has 0 saturated carbocycles. The van der Waals surface area contributed by atoms with Gasteiger partial charge in [0.2, 0.25) is 0 Å². The van der Waals surface area contributed by atoms with Crippen molar-refractivity contribution in [3.8, 4) is 0 Å². The highest BCUT2D eigenvalue weighted by molar-refractivity contribution is 8.08. The summed E-state index contributed by atoms with van der Waals surface area (Å²) in [6.07, 6.45) is -0.269. The van der Waals surface area contributed by atoms with Gasteiger partial charge in [-0.1, -0.05) is 0 Å². The average Bonchev–Trinajstić information content (AvgIpc) is 1.53. The van der Waals surface area contributed by atoms with E-state index in [0.29, 0.717) is 0 Å². The van der Waals surface area contributed by atoms with E-state index >= 15 is 0 Å². The lowest BCUT2D eigenvalue weighted by atomic mass is 10.1. The second-order valence-corrected chi connectivity index (χ2v) is 4.14. The van der Waals surface area contributed by atoms with E-state index in [0.717, 1.165) is 0 Å². The Hall–Kier alpha value is 0.335. The summed E-state index contributed by atoms with van der Waals surface area (Å²) >= 11 is 4.12. The normalized spacial score (nSPS) is 12.3. The van der Waals surface area contributed by atoms with Gasteiger partial charge in [-0.05, 0) is 34.6 Å². The van der Waals surface area contributed by atoms with E-state index in [9.17, 15) is 0 Å². The van der Waals surface area contributed by atoms with Crippen molar-refractivity contribution in [2.24, 2.45) is 0 Å². The summed E-state index contributed by atoms with van der Waals surface area (Å²) in [5.41, 5.74) is -0.193. The minimum atomic E-state index is -0.421. The average molecular weight is 176 g/mol. The van der Waals surface area contributed by atoms with Crippen molar-refractivity contribution in [3.63, 3.8) is 0 Å². The summed E-state index contributed by atoms with van der Waals surface area (Å²) in [5.74, 6) is 0. The van der Waals surface area contributed by atoms with Crippen LogP contribution in [0, 0.1) is 0 Å². The summed E-state index contributed by atoms with van der Waals surface area (Å²) in [6.45, 7) is 9.82. The number of thiol groups is 1. The van der Waals surface area contributed by atoms with Crippen LogP contribution in [-0.4, -0.2) is 18.1 Å². The molecule has 0 unspecified atom stereocenters. The second kappa shape index (κ2) is 4.38. The summed E-state index contributed by atoms with van der Waals surface area (Å²) in [4.78, 5) is 0. The fourth-order valence-corrected chi connectivity index (χ4v) is 1.12. The Morgan fingerprint density at radius 3 is 2.00 bits per heavy atom. The Bertz CT molecular complexity index is 111. The highest BCUT2D eigenvalue weighted by Crippen LogP contribution is 2.12. The van der Waals surface area contributed by atoms with E-state index in [-0.39, 0.29) is 11.7 Å². The topological polar surface area (TPSA) is 18.5 Å². The van der Waals surface area contributed by atoms with Gasteiger partial charge in [-0.15, -0.1) is 0 Å². The smallest absolute Gasteiger partial charge is 0.400 e. The van der Waals surface area contributed by atoms with Crippen LogP contribution < -0.4 is 0 Å². The first kappa shape index (κ1) is 11.3. The van der Waals surface area contributed by atoms with Crippen LogP contribution in [0.1, 0.15) is 34.6 Å². The molecule has 0 radical (unpaired) electrons. The van der Waals surface area contributed by atoms with Crippen LogP contribution in [0.3, 0.4) is 0 Å². The van der Waals surface area contributed by atoms with Crippen LogP contribution in [0.4, 0.5) is 0 Å². The highest BCUT2D eigenvalue weighted by Gasteiger charge is 2.22. The Morgan fingerprint density at radius 1 is 1.27 bits per heavy atom. The van der Waals surface area contributed by atoms with Crippen molar-refractivity contribution in [1.82, 2.24) is 0 Å². The quantitative estimate of drug-likeness (QED) is 0.524. The Balaban J connectivity index is 3.61. The first-order chi connectivity index (χ1) is 4.81. The minimum Gasteiger partial charge on any atom is -0.400 e. The predicted octanol–water partition coefficient (Wildman–Crippen LogP) is 2.14. The van der Waals surface area contributed by atoms with Gasteiger partial charge in [0.15, 0.2) is 0 Å². The third-order valence-corrected chi connectivity index (χ3v) is 1.07. The monoisotopic (exact) mass is 176 g/mol. The maximum Gasteiger partial charge on any atom is 0.528 e. The van der Waals surface area contributed by atoms with E-state index < -0.39 is 6.40 Å². The third-order valence-electron chi connectivity index (χ3n) is 0.843. The van der Waals surface area contributed by atoms with Crippen molar-refractivity contribution in [2.45, 2.75) is 46.3 Å². The molecule has 0 spiro atoms. The van der Waals surface area contributed by atoms with Gasteiger partial charge in [-0.25, -0.2) is 0 Å². The highest BCUT2D eigenvalue weighted by atomic mass is 32.1. The van der Waals surface area contributed by atoms with Crippen LogP contribution in [0.2, 0.25) is 0 Å². The maximum absolute atomic E-state index is 5.39. The van der Waals surface area contributed by atoms with Crippen LogP contribution >= 0.6 is 12.5 Å². The molecule has 0 aromatic heterocycles. The van der Waals surface area contributed by atoms with Crippen molar-refractivity contribution in [1.29, 1.82) is 0 Å². The van der Waals surface area contributed by atoms with Crippen molar-refractivity contribution in [3.05, 3.63) is 0 Å². The molecule has 0 aliphatic carbocycles. The van der Waals surface area contributed by atoms with Gasteiger partial charge in [0, 0.05) is 11.7 Å². The molecule has 0 fully saturated rings. The molecular formula is C7H17BO2S. The first-order valence-electron chi connectivity index (χ1n) is 3.82. The Kier molecular flexibility index (Phi) is 4.52. The lowest BCUT2D eigenvalue weighted by Crippen LogP contribution is -2.31. The SMILES string of the molecule is CC(C)OB(S)OC(C)(C)C. The number of rotatable bonds is 3. The van der Waals surface area contributed by atoms with Gasteiger partial charge >= 0.3 is 6.40 Å². The molecule has 0 amide bonds. The number of hydrogen-bond donors (Lipinski definition) is 1. The van der Waals surface area contributed by atoms with Crippen LogP contribution in [0.15, 0.2) is 0 Å². The van der Waals surface area contributed by atoms with Gasteiger partial charge in [-0.2, -0.15) is 12.5 Å². The van der Waals surface area contributed by atoms with E-state index in [1.807, 2.05) is 34.6 Å². The standard InChI is InChI=1S/C7H17BO2S/c1-6(2)9-8(11)10-7(3,4)5/h6,11H,1-5H3. The third kappa shape index (κ3) is 8.24. The molecule has 66 valence electrons. The lowest BCUT2D eigenvalue weighted by molar-refractivity contribution is 0.0813. The molecule has 0 aromatic carbocycles. The van der Waals surface area contributed by atoms with E-state index in [2.05, 4.69) is 12.5 Å². The Labute approximate surface area is 75.1 Å². The molecule has 11 heavy (non-hydrogen) atoms. The molecule has 0 bridgehead atoms. The molecule has 0 aromatic rings. The molecule has 2 nitrogen and oxygen atoms in total. The molecule has 0 heterocycles. The Morgan fingerprint density at radius 2 is 1.73 bits per heavy atom. The van der Waals surface area contributed by atoms with Gasteiger partial charge in [0.1, 0.15) is 0 Å². The van der Waals surface area contributed by atoms with Crippen molar-refractivity contribution in [2.75, 3.05) is 0 Å². The molecular weight excluding hydrogens is 159 g/mol. The summed E-state index contributed by atoms with van der Waals surface area (Å²) in [5, 5.41) is 0. The molecule has 0 N–H and O–H groups in total. The predicted molar refractivity (Wildman–Crippen MR) is 51.8 cm³/mol. The molecule has 0 aliphatic rings. The zero-order valence-electron chi connectivity index (χ0n) is 7.92. The maximum atomic E-state index is 5.39. The summed E-state index contributed by atoms with van der Waals surface area (Å²) < 4.78 is 10.7. The zero-order valence-corrected chi connectivity index (χ0v) is 8.81. The van der Waals surface area contributed by atoms with Gasteiger partial charge < -0.3 is 9.31 Å². The molecule has 0 rings (SSSR count). The van der Waals surface area contributed by atoms with Crippen molar-refractivity contribution >= 4 is 18.9 Å². The van der Waals surface area contributed by atoms with E-state index in [1.54, 1.807) is 0 Å². The lowest BCUT2D eigenvalue weighted by Gasteiger charge is -2.23. The van der Waals surface area contributed by atoms with Crippen molar-refractivity contribution < 1.29 is 9.31 Å². The minimum absolute atomic E-state index is 0.153. The van der Waals surface area contributed by atoms with Gasteiger partial charge in [0.05, 0.1) is 0 Å². The molecule has 4 heteroatoms. The van der Waals surface area contributed by atoms with E-state index in [1.165, 1.54) is 0 Å². The summed E-state index contributed by atoms with van der Waals surface area (Å²) in [6, 6.07) is 0. The first-order valence-corrected chi connectivity index (χ1v) is 4.34. The van der Waals surface area contributed by atoms with Crippen LogP contribution in [0.5, 0.6) is 0 Å². The second-order valence-electron chi connectivity index (χ2n) is 3.72. The number of hydrogen-bond acceptors (Lipinski definition) is 3. The molecule has 0 atom stereocenters. The van der Waals surface area contributed by atoms with Gasteiger partial charge in [0.25, 0.3) is 0 Å². The van der Waals surface area contributed by atoms with Crippen LogP contribution in [-0.2, 0) is 9.31 Å². The van der Waals surface area contributed by atoms with E-state index in [4.69, 9.17) is 9.31 Å². The summed E-state index contributed by atoms with van der Waals surface area (Å²) in [7, 11) is 0. The largest absolute Gasteiger partial charge is 0.528 e. The fourth-order valence-electron chi connectivity index (χ4n) is 0.563. The van der Waals surface area contributed by atoms with Crippen LogP contribution in [0.25, 0.3) is 0 Å². The fraction of sp³-hybridized carbons (Fsp3) is 1.00.